The van der Waals surface area contributed by atoms with Crippen LogP contribution >= 0.6 is 11.8 Å². The minimum atomic E-state index is -0.305. The zero-order chi connectivity index (χ0) is 18.8. The van der Waals surface area contributed by atoms with Crippen molar-refractivity contribution in [3.05, 3.63) is 35.4 Å². The molecule has 3 saturated heterocycles. The molecule has 0 aliphatic carbocycles. The van der Waals surface area contributed by atoms with E-state index in [4.69, 9.17) is 0 Å². The van der Waals surface area contributed by atoms with Gasteiger partial charge in [0.15, 0.2) is 0 Å². The van der Waals surface area contributed by atoms with Crippen LogP contribution in [-0.2, 0) is 16.1 Å². The molecule has 144 valence electrons. The Morgan fingerprint density at radius 2 is 1.74 bits per heavy atom. The predicted octanol–water partition coefficient (Wildman–Crippen LogP) is 1.95. The van der Waals surface area contributed by atoms with Gasteiger partial charge in [-0.3, -0.25) is 14.4 Å². The smallest absolute Gasteiger partial charge is 0.253 e. The number of hydrogen-bond acceptors (Lipinski definition) is 4. The molecule has 3 aliphatic rings. The maximum Gasteiger partial charge on any atom is 0.253 e. The second kappa shape index (κ2) is 7.92. The highest BCUT2D eigenvalue weighted by molar-refractivity contribution is 7.99. The van der Waals surface area contributed by atoms with E-state index >= 15 is 0 Å². The number of fused-ring (bicyclic) bond motifs is 1. The maximum absolute atomic E-state index is 12.7. The van der Waals surface area contributed by atoms with E-state index in [-0.39, 0.29) is 30.3 Å². The second-order valence-corrected chi connectivity index (χ2v) is 8.48. The molecule has 0 N–H and O–H groups in total. The molecule has 1 atom stereocenters. The van der Waals surface area contributed by atoms with E-state index in [0.717, 1.165) is 31.5 Å². The summed E-state index contributed by atoms with van der Waals surface area (Å²) in [5.74, 6) is 1.45. The van der Waals surface area contributed by atoms with Crippen LogP contribution in [0.5, 0.6) is 0 Å². The van der Waals surface area contributed by atoms with Gasteiger partial charge in [0.2, 0.25) is 11.8 Å². The van der Waals surface area contributed by atoms with Crippen LogP contribution in [0.3, 0.4) is 0 Å². The number of benzene rings is 1. The standard InChI is InChI=1S/C20H25N3O3S/c24-18-12-22(20(26)17-13-27-14-23(17)18)11-15-5-7-16(8-6-15)19(25)21-9-3-1-2-4-10-21/h5-8,17H,1-4,9-14H2. The predicted molar refractivity (Wildman–Crippen MR) is 104 cm³/mol. The van der Waals surface area contributed by atoms with Gasteiger partial charge in [0.05, 0.1) is 5.88 Å². The molecule has 0 saturated carbocycles. The number of likely N-dealkylation sites (tertiary alicyclic amines) is 1. The number of nitrogens with zero attached hydrogens (tertiary/aromatic N) is 3. The van der Waals surface area contributed by atoms with Gasteiger partial charge in [-0.15, -0.1) is 11.8 Å². The number of rotatable bonds is 3. The van der Waals surface area contributed by atoms with E-state index in [0.29, 0.717) is 23.7 Å². The Kier molecular flexibility index (Phi) is 5.38. The highest BCUT2D eigenvalue weighted by Crippen LogP contribution is 2.26. The summed E-state index contributed by atoms with van der Waals surface area (Å²) in [5, 5.41) is 0. The third kappa shape index (κ3) is 3.83. The first-order valence-corrected chi connectivity index (χ1v) is 10.8. The Morgan fingerprint density at radius 3 is 2.44 bits per heavy atom. The van der Waals surface area contributed by atoms with Crippen molar-refractivity contribution in [1.82, 2.24) is 14.7 Å². The van der Waals surface area contributed by atoms with Crippen molar-refractivity contribution in [2.75, 3.05) is 31.3 Å². The average molecular weight is 388 g/mol. The molecule has 1 unspecified atom stereocenters. The van der Waals surface area contributed by atoms with Gasteiger partial charge in [-0.1, -0.05) is 25.0 Å². The van der Waals surface area contributed by atoms with Crippen molar-refractivity contribution in [2.24, 2.45) is 0 Å². The second-order valence-electron chi connectivity index (χ2n) is 7.48. The van der Waals surface area contributed by atoms with Crippen molar-refractivity contribution in [3.8, 4) is 0 Å². The number of amides is 3. The summed E-state index contributed by atoms with van der Waals surface area (Å²) in [7, 11) is 0. The van der Waals surface area contributed by atoms with Crippen LogP contribution in [0.4, 0.5) is 0 Å². The van der Waals surface area contributed by atoms with Crippen molar-refractivity contribution in [2.45, 2.75) is 38.3 Å². The first-order valence-electron chi connectivity index (χ1n) is 9.68. The van der Waals surface area contributed by atoms with Gasteiger partial charge in [0, 0.05) is 31.0 Å². The topological polar surface area (TPSA) is 60.9 Å². The van der Waals surface area contributed by atoms with E-state index in [2.05, 4.69) is 0 Å². The van der Waals surface area contributed by atoms with E-state index in [1.807, 2.05) is 29.2 Å². The molecule has 3 amide bonds. The van der Waals surface area contributed by atoms with E-state index in [1.54, 1.807) is 21.6 Å². The normalized spacial score (nSPS) is 23.4. The molecule has 3 aliphatic heterocycles. The Morgan fingerprint density at radius 1 is 1.04 bits per heavy atom. The fourth-order valence-electron chi connectivity index (χ4n) is 4.00. The SMILES string of the molecule is O=C(c1ccc(CN2CC(=O)N3CSCC3C2=O)cc1)N1CCCCCC1. The summed E-state index contributed by atoms with van der Waals surface area (Å²) >= 11 is 1.63. The molecule has 6 nitrogen and oxygen atoms in total. The summed E-state index contributed by atoms with van der Waals surface area (Å²) in [5.41, 5.74) is 1.64. The summed E-state index contributed by atoms with van der Waals surface area (Å²) in [6.45, 7) is 2.23. The lowest BCUT2D eigenvalue weighted by atomic mass is 10.1. The van der Waals surface area contributed by atoms with Crippen LogP contribution in [0.2, 0.25) is 0 Å². The largest absolute Gasteiger partial charge is 0.339 e. The lowest BCUT2D eigenvalue weighted by Gasteiger charge is -2.35. The molecular weight excluding hydrogens is 362 g/mol. The van der Waals surface area contributed by atoms with Gasteiger partial charge in [0.25, 0.3) is 5.91 Å². The molecule has 3 heterocycles. The van der Waals surface area contributed by atoms with Crippen molar-refractivity contribution < 1.29 is 14.4 Å². The van der Waals surface area contributed by atoms with Gasteiger partial charge in [-0.25, -0.2) is 0 Å². The fourth-order valence-corrected chi connectivity index (χ4v) is 5.17. The Labute approximate surface area is 163 Å². The highest BCUT2D eigenvalue weighted by Gasteiger charge is 2.42. The van der Waals surface area contributed by atoms with Crippen LogP contribution in [-0.4, -0.2) is 69.7 Å². The summed E-state index contributed by atoms with van der Waals surface area (Å²) in [4.78, 5) is 42.8. The number of piperazine rings is 1. The van der Waals surface area contributed by atoms with Crippen LogP contribution in [0.15, 0.2) is 24.3 Å². The third-order valence-corrected chi connectivity index (χ3v) is 6.61. The highest BCUT2D eigenvalue weighted by atomic mass is 32.2. The molecule has 0 radical (unpaired) electrons. The van der Waals surface area contributed by atoms with Crippen LogP contribution < -0.4 is 0 Å². The zero-order valence-corrected chi connectivity index (χ0v) is 16.2. The van der Waals surface area contributed by atoms with Crippen LogP contribution in [0.1, 0.15) is 41.6 Å². The van der Waals surface area contributed by atoms with E-state index < -0.39 is 0 Å². The molecule has 0 bridgehead atoms. The summed E-state index contributed by atoms with van der Waals surface area (Å²) in [6, 6.07) is 7.18. The number of hydrogen-bond donors (Lipinski definition) is 0. The lowest BCUT2D eigenvalue weighted by Crippen LogP contribution is -2.57. The van der Waals surface area contributed by atoms with Gasteiger partial charge < -0.3 is 14.7 Å². The van der Waals surface area contributed by atoms with Crippen molar-refractivity contribution >= 4 is 29.5 Å². The fraction of sp³-hybridized carbons (Fsp3) is 0.550. The number of carbonyl (C=O) groups excluding carboxylic acids is 3. The quantitative estimate of drug-likeness (QED) is 0.795. The molecule has 7 heteroatoms. The Balaban J connectivity index is 1.41. The number of thioether (sulfide) groups is 1. The minimum Gasteiger partial charge on any atom is -0.339 e. The molecule has 27 heavy (non-hydrogen) atoms. The minimum absolute atomic E-state index is 0.0255. The van der Waals surface area contributed by atoms with Gasteiger partial charge in [0.1, 0.15) is 12.6 Å². The first kappa shape index (κ1) is 18.3. The van der Waals surface area contributed by atoms with Crippen molar-refractivity contribution in [1.29, 1.82) is 0 Å². The number of carbonyl (C=O) groups is 3. The van der Waals surface area contributed by atoms with Crippen molar-refractivity contribution in [3.63, 3.8) is 0 Å². The molecule has 1 aromatic carbocycles. The third-order valence-electron chi connectivity index (χ3n) is 5.59. The van der Waals surface area contributed by atoms with Crippen LogP contribution in [0.25, 0.3) is 0 Å². The monoisotopic (exact) mass is 387 g/mol. The summed E-state index contributed by atoms with van der Waals surface area (Å²) in [6.07, 6.45) is 4.54. The maximum atomic E-state index is 12.7. The van der Waals surface area contributed by atoms with Gasteiger partial charge in [-0.2, -0.15) is 0 Å². The lowest BCUT2D eigenvalue weighted by molar-refractivity contribution is -0.153. The van der Waals surface area contributed by atoms with Crippen LogP contribution in [0, 0.1) is 0 Å². The van der Waals surface area contributed by atoms with E-state index in [9.17, 15) is 14.4 Å². The Bertz CT molecular complexity index is 728. The van der Waals surface area contributed by atoms with Gasteiger partial charge >= 0.3 is 0 Å². The molecule has 0 spiro atoms. The molecule has 4 rings (SSSR count). The molecule has 3 fully saturated rings. The average Bonchev–Trinajstić information content (AvgIpc) is 3.03. The van der Waals surface area contributed by atoms with Gasteiger partial charge in [-0.05, 0) is 30.5 Å². The molecular formula is C20H25N3O3S. The first-order chi connectivity index (χ1) is 13.1. The summed E-state index contributed by atoms with van der Waals surface area (Å²) < 4.78 is 0. The molecule has 1 aromatic rings. The molecule has 0 aromatic heterocycles. The Hall–Kier alpha value is -2.02. The zero-order valence-electron chi connectivity index (χ0n) is 15.4. The van der Waals surface area contributed by atoms with E-state index in [1.165, 1.54) is 12.8 Å².